The van der Waals surface area contributed by atoms with Gasteiger partial charge in [-0.05, 0) is 36.8 Å². The fourth-order valence-electron chi connectivity index (χ4n) is 2.26. The summed E-state index contributed by atoms with van der Waals surface area (Å²) in [7, 11) is 1.66. The Kier molecular flexibility index (Phi) is 8.25. The van der Waals surface area contributed by atoms with Gasteiger partial charge in [0.15, 0.2) is 5.96 Å². The fourth-order valence-corrected chi connectivity index (χ4v) is 2.26. The molecular weight excluding hydrogens is 340 g/mol. The maximum atomic E-state index is 12.0. The van der Waals surface area contributed by atoms with Crippen LogP contribution in [0.5, 0.6) is 5.75 Å². The van der Waals surface area contributed by atoms with Gasteiger partial charge in [-0.15, -0.1) is 6.42 Å². The Morgan fingerprint density at radius 1 is 1.15 bits per heavy atom. The van der Waals surface area contributed by atoms with Crippen LogP contribution in [0.2, 0.25) is 0 Å². The minimum absolute atomic E-state index is 0.0977. The number of ether oxygens (including phenoxy) is 1. The van der Waals surface area contributed by atoms with E-state index >= 15 is 0 Å². The normalized spacial score (nSPS) is 10.6. The van der Waals surface area contributed by atoms with Gasteiger partial charge in [-0.3, -0.25) is 9.79 Å². The number of hydrogen-bond acceptors (Lipinski definition) is 3. The number of nitrogens with zero attached hydrogens (tertiary/aromatic N) is 1. The molecule has 2 rings (SSSR count). The first kappa shape index (κ1) is 19.9. The van der Waals surface area contributed by atoms with E-state index in [4.69, 9.17) is 11.2 Å². The summed E-state index contributed by atoms with van der Waals surface area (Å²) in [6.45, 7) is 1.37. The number of para-hydroxylation sites is 1. The van der Waals surface area contributed by atoms with Crippen molar-refractivity contribution in [2.45, 2.75) is 6.42 Å². The van der Waals surface area contributed by atoms with Crippen LogP contribution in [0, 0.1) is 12.3 Å². The molecule has 2 aromatic rings. The van der Waals surface area contributed by atoms with Crippen molar-refractivity contribution in [3.8, 4) is 18.1 Å². The average Bonchev–Trinajstić information content (AvgIpc) is 2.71. The Balaban J connectivity index is 1.64. The minimum atomic E-state index is -0.181. The van der Waals surface area contributed by atoms with Crippen LogP contribution in [-0.4, -0.2) is 38.6 Å². The number of terminal acetylenes is 1. The lowest BCUT2D eigenvalue weighted by Crippen LogP contribution is -2.41. The van der Waals surface area contributed by atoms with Crippen LogP contribution in [0.3, 0.4) is 0 Å². The van der Waals surface area contributed by atoms with E-state index in [2.05, 4.69) is 26.9 Å². The molecule has 140 valence electrons. The summed E-state index contributed by atoms with van der Waals surface area (Å²) in [5.41, 5.74) is 1.38. The molecule has 27 heavy (non-hydrogen) atoms. The number of benzene rings is 2. The van der Waals surface area contributed by atoms with Crippen LogP contribution in [0.1, 0.15) is 12.0 Å². The predicted molar refractivity (Wildman–Crippen MR) is 109 cm³/mol. The molecule has 0 aliphatic carbocycles. The number of anilines is 1. The van der Waals surface area contributed by atoms with Crippen molar-refractivity contribution in [2.75, 3.05) is 32.1 Å². The van der Waals surface area contributed by atoms with E-state index in [0.717, 1.165) is 17.7 Å². The van der Waals surface area contributed by atoms with Crippen molar-refractivity contribution >= 4 is 17.6 Å². The Bertz CT molecular complexity index is 797. The molecule has 0 atom stereocenters. The van der Waals surface area contributed by atoms with Gasteiger partial charge in [0, 0.05) is 24.8 Å². The molecule has 6 heteroatoms. The number of nitrogens with one attached hydrogen (secondary N) is 3. The Morgan fingerprint density at radius 2 is 1.96 bits per heavy atom. The molecule has 0 bridgehead atoms. The molecule has 0 aromatic heterocycles. The third-order valence-electron chi connectivity index (χ3n) is 3.58. The van der Waals surface area contributed by atoms with E-state index in [0.29, 0.717) is 24.8 Å². The predicted octanol–water partition coefficient (Wildman–Crippen LogP) is 2.24. The van der Waals surface area contributed by atoms with E-state index in [-0.39, 0.29) is 12.5 Å². The van der Waals surface area contributed by atoms with E-state index in [1.54, 1.807) is 31.3 Å². The van der Waals surface area contributed by atoms with Crippen molar-refractivity contribution < 1.29 is 9.53 Å². The summed E-state index contributed by atoms with van der Waals surface area (Å²) >= 11 is 0. The fraction of sp³-hybridized carbons (Fsp3) is 0.238. The average molecular weight is 364 g/mol. The number of guanidine groups is 1. The third kappa shape index (κ3) is 7.53. The summed E-state index contributed by atoms with van der Waals surface area (Å²) in [4.78, 5) is 16.1. The van der Waals surface area contributed by atoms with Gasteiger partial charge in [0.05, 0.1) is 13.2 Å². The van der Waals surface area contributed by atoms with Crippen molar-refractivity contribution in [2.24, 2.45) is 4.99 Å². The first-order valence-electron chi connectivity index (χ1n) is 8.70. The number of carbonyl (C=O) groups is 1. The Labute approximate surface area is 160 Å². The monoisotopic (exact) mass is 364 g/mol. The van der Waals surface area contributed by atoms with E-state index < -0.39 is 0 Å². The van der Waals surface area contributed by atoms with Gasteiger partial charge in [-0.1, -0.05) is 30.2 Å². The van der Waals surface area contributed by atoms with Crippen LogP contribution >= 0.6 is 0 Å². The highest BCUT2D eigenvalue weighted by molar-refractivity contribution is 5.95. The van der Waals surface area contributed by atoms with Crippen LogP contribution in [0.25, 0.3) is 0 Å². The van der Waals surface area contributed by atoms with Crippen molar-refractivity contribution in [3.05, 3.63) is 60.2 Å². The van der Waals surface area contributed by atoms with Crippen molar-refractivity contribution in [3.63, 3.8) is 0 Å². The second-order valence-electron chi connectivity index (χ2n) is 5.64. The number of hydrogen-bond donors (Lipinski definition) is 3. The lowest BCUT2D eigenvalue weighted by atomic mass is 10.2. The van der Waals surface area contributed by atoms with Crippen LogP contribution in [0.15, 0.2) is 59.6 Å². The molecule has 0 spiro atoms. The van der Waals surface area contributed by atoms with Crippen molar-refractivity contribution in [1.29, 1.82) is 0 Å². The molecule has 0 fully saturated rings. The number of rotatable bonds is 8. The van der Waals surface area contributed by atoms with Gasteiger partial charge >= 0.3 is 0 Å². The lowest BCUT2D eigenvalue weighted by molar-refractivity contribution is -0.115. The molecule has 2 aromatic carbocycles. The zero-order valence-corrected chi connectivity index (χ0v) is 15.4. The molecule has 0 saturated heterocycles. The van der Waals surface area contributed by atoms with Crippen LogP contribution < -0.4 is 20.7 Å². The van der Waals surface area contributed by atoms with Gasteiger partial charge in [-0.2, -0.15) is 0 Å². The maximum Gasteiger partial charge on any atom is 0.243 e. The minimum Gasteiger partial charge on any atom is -0.494 e. The standard InChI is InChI=1S/C21H24N4O2/c1-3-17-9-7-10-18(15-17)25-20(26)16-24-21(22-2)23-13-8-14-27-19-11-5-4-6-12-19/h1,4-7,9-12,15H,8,13-14,16H2,2H3,(H,25,26)(H2,22,23,24). The molecule has 6 nitrogen and oxygen atoms in total. The van der Waals surface area contributed by atoms with Gasteiger partial charge in [-0.25, -0.2) is 0 Å². The van der Waals surface area contributed by atoms with Gasteiger partial charge in [0.2, 0.25) is 5.91 Å². The highest BCUT2D eigenvalue weighted by Gasteiger charge is 2.04. The molecule has 0 aliphatic heterocycles. The number of aliphatic imine (C=N–C) groups is 1. The molecule has 0 saturated carbocycles. The number of carbonyl (C=O) groups excluding carboxylic acids is 1. The molecule has 3 N–H and O–H groups in total. The van der Waals surface area contributed by atoms with Crippen molar-refractivity contribution in [1.82, 2.24) is 10.6 Å². The summed E-state index contributed by atoms with van der Waals surface area (Å²) in [6.07, 6.45) is 6.17. The summed E-state index contributed by atoms with van der Waals surface area (Å²) in [5.74, 6) is 3.77. The molecule has 0 heterocycles. The van der Waals surface area contributed by atoms with Crippen LogP contribution in [-0.2, 0) is 4.79 Å². The molecule has 1 amide bonds. The van der Waals surface area contributed by atoms with Gasteiger partial charge < -0.3 is 20.7 Å². The smallest absolute Gasteiger partial charge is 0.243 e. The summed E-state index contributed by atoms with van der Waals surface area (Å²) in [6, 6.07) is 16.8. The largest absolute Gasteiger partial charge is 0.494 e. The van der Waals surface area contributed by atoms with Crippen LogP contribution in [0.4, 0.5) is 5.69 Å². The summed E-state index contributed by atoms with van der Waals surface area (Å²) < 4.78 is 5.63. The highest BCUT2D eigenvalue weighted by atomic mass is 16.5. The highest BCUT2D eigenvalue weighted by Crippen LogP contribution is 2.09. The molecular formula is C21H24N4O2. The zero-order valence-electron chi connectivity index (χ0n) is 15.4. The molecule has 0 aliphatic rings. The first-order valence-corrected chi connectivity index (χ1v) is 8.70. The zero-order chi connectivity index (χ0) is 19.3. The quantitative estimate of drug-likeness (QED) is 0.291. The maximum absolute atomic E-state index is 12.0. The number of amides is 1. The Morgan fingerprint density at radius 3 is 2.70 bits per heavy atom. The van der Waals surface area contributed by atoms with E-state index in [1.165, 1.54) is 0 Å². The van der Waals surface area contributed by atoms with Gasteiger partial charge in [0.25, 0.3) is 0 Å². The lowest BCUT2D eigenvalue weighted by Gasteiger charge is -2.12. The Hall–Kier alpha value is -3.46. The topological polar surface area (TPSA) is 74.8 Å². The SMILES string of the molecule is C#Cc1cccc(NC(=O)CNC(=NC)NCCCOc2ccccc2)c1. The third-order valence-corrected chi connectivity index (χ3v) is 3.58. The van der Waals surface area contributed by atoms with E-state index in [1.807, 2.05) is 30.3 Å². The summed E-state index contributed by atoms with van der Waals surface area (Å²) in [5, 5.41) is 8.91. The first-order chi connectivity index (χ1) is 13.2. The van der Waals surface area contributed by atoms with E-state index in [9.17, 15) is 4.79 Å². The second kappa shape index (κ2) is 11.2. The molecule has 0 radical (unpaired) electrons. The molecule has 0 unspecified atom stereocenters. The van der Waals surface area contributed by atoms with Gasteiger partial charge in [0.1, 0.15) is 5.75 Å². The second-order valence-corrected chi connectivity index (χ2v) is 5.64.